The van der Waals surface area contributed by atoms with E-state index in [1.807, 2.05) is 20.8 Å². The second-order valence-electron chi connectivity index (χ2n) is 7.20. The number of guanidine groups is 1. The maximum Gasteiger partial charge on any atom is 0.239 e. The first kappa shape index (κ1) is 21.4. The van der Waals surface area contributed by atoms with Gasteiger partial charge in [0, 0.05) is 31.2 Å². The van der Waals surface area contributed by atoms with Crippen LogP contribution in [0.1, 0.15) is 41.0 Å². The first-order chi connectivity index (χ1) is 9.60. The minimum Gasteiger partial charge on any atom is -0.381 e. The Balaban J connectivity index is 0.00000441. The molecule has 130 valence electrons. The molecule has 22 heavy (non-hydrogen) atoms. The van der Waals surface area contributed by atoms with Crippen LogP contribution in [0.25, 0.3) is 0 Å². The Morgan fingerprint density at radius 3 is 2.36 bits per heavy atom. The van der Waals surface area contributed by atoms with E-state index >= 15 is 0 Å². The zero-order valence-electron chi connectivity index (χ0n) is 14.7. The maximum absolute atomic E-state index is 11.8. The summed E-state index contributed by atoms with van der Waals surface area (Å²) in [6.07, 6.45) is 1.20. The monoisotopic (exact) mass is 426 g/mol. The molecule has 2 atom stereocenters. The van der Waals surface area contributed by atoms with Gasteiger partial charge in [0.1, 0.15) is 0 Å². The first-order valence-electron chi connectivity index (χ1n) is 7.41. The van der Waals surface area contributed by atoms with Crippen molar-refractivity contribution in [3.05, 3.63) is 0 Å². The molecule has 0 aromatic rings. The quantitative estimate of drug-likeness (QED) is 0.362. The molecular formula is C15H31IN4O2. The van der Waals surface area contributed by atoms with Gasteiger partial charge < -0.3 is 20.7 Å². The number of carbonyl (C=O) groups is 1. The van der Waals surface area contributed by atoms with Gasteiger partial charge >= 0.3 is 0 Å². The van der Waals surface area contributed by atoms with Crippen molar-refractivity contribution in [2.75, 3.05) is 20.7 Å². The molecule has 3 N–H and O–H groups in total. The summed E-state index contributed by atoms with van der Waals surface area (Å²) in [6, 6.07) is 0.291. The lowest BCUT2D eigenvalue weighted by atomic mass is 9.64. The van der Waals surface area contributed by atoms with Crippen molar-refractivity contribution >= 4 is 35.8 Å². The summed E-state index contributed by atoms with van der Waals surface area (Å²) in [7, 11) is 3.45. The Kier molecular flexibility index (Phi) is 8.11. The van der Waals surface area contributed by atoms with Crippen molar-refractivity contribution in [3.8, 4) is 0 Å². The zero-order valence-corrected chi connectivity index (χ0v) is 17.1. The number of methoxy groups -OCH3 is 1. The van der Waals surface area contributed by atoms with Crippen LogP contribution in [0.5, 0.6) is 0 Å². The molecule has 1 rings (SSSR count). The number of amides is 1. The van der Waals surface area contributed by atoms with E-state index < -0.39 is 0 Å². The highest BCUT2D eigenvalue weighted by Crippen LogP contribution is 2.42. The van der Waals surface area contributed by atoms with Gasteiger partial charge in [-0.25, -0.2) is 0 Å². The van der Waals surface area contributed by atoms with Crippen LogP contribution in [0.4, 0.5) is 0 Å². The van der Waals surface area contributed by atoms with Gasteiger partial charge in [-0.15, -0.1) is 24.0 Å². The predicted molar refractivity (Wildman–Crippen MR) is 101 cm³/mol. The second-order valence-corrected chi connectivity index (χ2v) is 7.20. The summed E-state index contributed by atoms with van der Waals surface area (Å²) in [5.41, 5.74) is -0.169. The average Bonchev–Trinajstić information content (AvgIpc) is 2.35. The highest BCUT2D eigenvalue weighted by atomic mass is 127. The van der Waals surface area contributed by atoms with Crippen molar-refractivity contribution in [2.24, 2.45) is 10.4 Å². The Hall–Kier alpha value is -0.570. The Morgan fingerprint density at radius 2 is 1.95 bits per heavy atom. The van der Waals surface area contributed by atoms with Gasteiger partial charge in [0.05, 0.1) is 12.6 Å². The number of aliphatic imine (C=N–C) groups is 1. The predicted octanol–water partition coefficient (Wildman–Crippen LogP) is 1.50. The minimum atomic E-state index is -0.225. The molecular weight excluding hydrogens is 395 g/mol. The third-order valence-corrected chi connectivity index (χ3v) is 3.93. The molecule has 1 fully saturated rings. The van der Waals surface area contributed by atoms with E-state index in [9.17, 15) is 4.79 Å². The molecule has 2 unspecified atom stereocenters. The van der Waals surface area contributed by atoms with Crippen LogP contribution in [0.2, 0.25) is 0 Å². The summed E-state index contributed by atoms with van der Waals surface area (Å²) in [5, 5.41) is 9.31. The summed E-state index contributed by atoms with van der Waals surface area (Å²) < 4.78 is 5.44. The number of hydrogen-bond acceptors (Lipinski definition) is 3. The topological polar surface area (TPSA) is 74.8 Å². The van der Waals surface area contributed by atoms with Crippen LogP contribution in [-0.4, -0.2) is 50.3 Å². The number of ether oxygens (including phenoxy) is 1. The molecule has 0 saturated heterocycles. The standard InChI is InChI=1S/C15H30N4O2.HI/c1-14(2,3)19-12(20)9-17-13(16-6)18-10-8-11(21-7)15(10,4)5;/h10-11H,8-9H2,1-7H3,(H,19,20)(H2,16,17,18);1H. The third kappa shape index (κ3) is 5.91. The average molecular weight is 426 g/mol. The fraction of sp³-hybridized carbons (Fsp3) is 0.867. The fourth-order valence-corrected chi connectivity index (χ4v) is 2.52. The van der Waals surface area contributed by atoms with Gasteiger partial charge in [-0.2, -0.15) is 0 Å². The van der Waals surface area contributed by atoms with Gasteiger partial charge in [0.2, 0.25) is 5.91 Å². The lowest BCUT2D eigenvalue weighted by molar-refractivity contribution is -0.121. The fourth-order valence-electron chi connectivity index (χ4n) is 2.52. The number of nitrogens with one attached hydrogen (secondary N) is 3. The minimum absolute atomic E-state index is 0. The van der Waals surface area contributed by atoms with Crippen LogP contribution >= 0.6 is 24.0 Å². The molecule has 7 heteroatoms. The van der Waals surface area contributed by atoms with Crippen LogP contribution in [0, 0.1) is 5.41 Å². The summed E-state index contributed by atoms with van der Waals surface area (Å²) in [6.45, 7) is 10.4. The van der Waals surface area contributed by atoms with E-state index in [-0.39, 0.29) is 53.5 Å². The Labute approximate surface area is 151 Å². The highest BCUT2D eigenvalue weighted by Gasteiger charge is 2.48. The number of hydrogen-bond donors (Lipinski definition) is 3. The van der Waals surface area contributed by atoms with E-state index in [1.54, 1.807) is 14.2 Å². The number of rotatable bonds is 4. The Morgan fingerprint density at radius 1 is 1.36 bits per heavy atom. The first-order valence-corrected chi connectivity index (χ1v) is 7.41. The molecule has 6 nitrogen and oxygen atoms in total. The molecule has 0 bridgehead atoms. The van der Waals surface area contributed by atoms with Crippen molar-refractivity contribution in [3.63, 3.8) is 0 Å². The molecule has 1 amide bonds. The zero-order chi connectivity index (χ0) is 16.3. The Bertz CT molecular complexity index is 405. The molecule has 1 saturated carbocycles. The SMILES string of the molecule is CN=C(NCC(=O)NC(C)(C)C)NC1CC(OC)C1(C)C.I. The molecule has 1 aliphatic carbocycles. The van der Waals surface area contributed by atoms with E-state index in [1.165, 1.54) is 0 Å². The van der Waals surface area contributed by atoms with Crippen LogP contribution in [0.15, 0.2) is 4.99 Å². The maximum atomic E-state index is 11.8. The molecule has 1 aliphatic rings. The van der Waals surface area contributed by atoms with Crippen LogP contribution < -0.4 is 16.0 Å². The van der Waals surface area contributed by atoms with Gasteiger partial charge in [-0.05, 0) is 27.2 Å². The molecule has 0 aromatic heterocycles. The second kappa shape index (κ2) is 8.33. The summed E-state index contributed by atoms with van der Waals surface area (Å²) in [5.74, 6) is 0.597. The van der Waals surface area contributed by atoms with Gasteiger partial charge in [0.15, 0.2) is 5.96 Å². The van der Waals surface area contributed by atoms with Crippen molar-refractivity contribution < 1.29 is 9.53 Å². The van der Waals surface area contributed by atoms with Crippen molar-refractivity contribution in [1.29, 1.82) is 0 Å². The summed E-state index contributed by atoms with van der Waals surface area (Å²) >= 11 is 0. The highest BCUT2D eigenvalue weighted by molar-refractivity contribution is 14.0. The molecule has 0 spiro atoms. The van der Waals surface area contributed by atoms with E-state index in [4.69, 9.17) is 4.74 Å². The molecule has 0 aliphatic heterocycles. The van der Waals surface area contributed by atoms with Crippen LogP contribution in [-0.2, 0) is 9.53 Å². The van der Waals surface area contributed by atoms with Gasteiger partial charge in [-0.3, -0.25) is 9.79 Å². The van der Waals surface area contributed by atoms with Crippen molar-refractivity contribution in [2.45, 2.75) is 58.7 Å². The van der Waals surface area contributed by atoms with Crippen molar-refractivity contribution in [1.82, 2.24) is 16.0 Å². The molecule has 0 radical (unpaired) electrons. The molecule has 0 aromatic carbocycles. The lowest BCUT2D eigenvalue weighted by Crippen LogP contribution is -2.63. The van der Waals surface area contributed by atoms with E-state index in [0.717, 1.165) is 6.42 Å². The number of halogens is 1. The van der Waals surface area contributed by atoms with Crippen LogP contribution in [0.3, 0.4) is 0 Å². The smallest absolute Gasteiger partial charge is 0.239 e. The largest absolute Gasteiger partial charge is 0.381 e. The lowest BCUT2D eigenvalue weighted by Gasteiger charge is -2.51. The summed E-state index contributed by atoms with van der Waals surface area (Å²) in [4.78, 5) is 16.0. The number of carbonyl (C=O) groups excluding carboxylic acids is 1. The van der Waals surface area contributed by atoms with Gasteiger partial charge in [-0.1, -0.05) is 13.8 Å². The normalized spacial score (nSPS) is 23.9. The van der Waals surface area contributed by atoms with Gasteiger partial charge in [0.25, 0.3) is 0 Å². The third-order valence-electron chi connectivity index (χ3n) is 3.93. The molecule has 0 heterocycles. The number of nitrogens with zero attached hydrogens (tertiary/aromatic N) is 1. The van der Waals surface area contributed by atoms with E-state index in [0.29, 0.717) is 12.0 Å². The van der Waals surface area contributed by atoms with E-state index in [2.05, 4.69) is 34.8 Å².